The molecule has 0 aliphatic carbocycles. The van der Waals surface area contributed by atoms with E-state index in [1.165, 1.54) is 13.0 Å². The fourth-order valence-corrected chi connectivity index (χ4v) is 4.87. The summed E-state index contributed by atoms with van der Waals surface area (Å²) in [4.78, 5) is 11.8. The number of nitrogens with zero attached hydrogens (tertiary/aromatic N) is 1. The first-order chi connectivity index (χ1) is 11.2. The third kappa shape index (κ3) is 4.39. The molecule has 0 bridgehead atoms. The minimum atomic E-state index is -4.16. The van der Waals surface area contributed by atoms with E-state index in [0.717, 1.165) is 17.4 Å². The van der Waals surface area contributed by atoms with Gasteiger partial charge < -0.3 is 4.74 Å². The maximum Gasteiger partial charge on any atom is 0.274 e. The molecule has 0 saturated carbocycles. The minimum Gasteiger partial charge on any atom is -0.481 e. The van der Waals surface area contributed by atoms with Crippen molar-refractivity contribution in [2.45, 2.75) is 17.9 Å². The van der Waals surface area contributed by atoms with Crippen molar-refractivity contribution in [3.8, 4) is 11.8 Å². The Hall–Kier alpha value is -1.79. The summed E-state index contributed by atoms with van der Waals surface area (Å²) in [5, 5.41) is 8.83. The zero-order chi connectivity index (χ0) is 17.9. The second-order valence-electron chi connectivity index (χ2n) is 4.56. The van der Waals surface area contributed by atoms with Crippen molar-refractivity contribution >= 4 is 50.5 Å². The lowest BCUT2D eigenvalue weighted by Crippen LogP contribution is -2.39. The lowest BCUT2D eigenvalue weighted by atomic mass is 10.2. The number of halogens is 2. The highest BCUT2D eigenvalue weighted by Crippen LogP contribution is 2.34. The van der Waals surface area contributed by atoms with Crippen molar-refractivity contribution in [2.24, 2.45) is 0 Å². The van der Waals surface area contributed by atoms with Crippen molar-refractivity contribution < 1.29 is 17.9 Å². The van der Waals surface area contributed by atoms with Gasteiger partial charge in [0.2, 0.25) is 0 Å². The first-order valence-corrected chi connectivity index (χ1v) is 9.47. The molecule has 0 saturated heterocycles. The zero-order valence-corrected chi connectivity index (χ0v) is 15.3. The van der Waals surface area contributed by atoms with E-state index >= 15 is 0 Å². The maximum absolute atomic E-state index is 12.2. The topological polar surface area (TPSA) is 96.3 Å². The Kier molecular flexibility index (Phi) is 5.72. The van der Waals surface area contributed by atoms with Gasteiger partial charge in [-0.05, 0) is 31.2 Å². The molecular formula is C14H10Cl2N2O4S2. The van der Waals surface area contributed by atoms with Crippen molar-refractivity contribution in [1.82, 2.24) is 4.72 Å². The Morgan fingerprint density at radius 1 is 1.38 bits per heavy atom. The highest BCUT2D eigenvalue weighted by atomic mass is 35.5. The molecule has 2 aromatic rings. The average molecular weight is 405 g/mol. The summed E-state index contributed by atoms with van der Waals surface area (Å²) in [6.45, 7) is 1.38. The van der Waals surface area contributed by atoms with E-state index in [1.54, 1.807) is 18.2 Å². The normalized spacial score (nSPS) is 12.2. The number of nitriles is 1. The van der Waals surface area contributed by atoms with Gasteiger partial charge in [0.15, 0.2) is 6.10 Å². The fourth-order valence-electron chi connectivity index (χ4n) is 1.68. The summed E-state index contributed by atoms with van der Waals surface area (Å²) < 4.78 is 31.7. The number of carbonyl (C=O) groups excluding carboxylic acids is 1. The number of thiophene rings is 1. The minimum absolute atomic E-state index is 0.0457. The number of carbonyl (C=O) groups is 1. The Morgan fingerprint density at radius 2 is 2.08 bits per heavy atom. The van der Waals surface area contributed by atoms with Crippen LogP contribution in [-0.2, 0) is 14.8 Å². The van der Waals surface area contributed by atoms with Crippen molar-refractivity contribution in [2.75, 3.05) is 0 Å². The van der Waals surface area contributed by atoms with Gasteiger partial charge in [-0.25, -0.2) is 13.1 Å². The summed E-state index contributed by atoms with van der Waals surface area (Å²) in [6, 6.07) is 9.24. The van der Waals surface area contributed by atoms with E-state index in [0.29, 0.717) is 5.56 Å². The van der Waals surface area contributed by atoms with Crippen LogP contribution in [0.4, 0.5) is 0 Å². The molecule has 2 rings (SSSR count). The molecule has 1 heterocycles. The summed E-state index contributed by atoms with van der Waals surface area (Å²) in [6.07, 6.45) is -1.11. The van der Waals surface area contributed by atoms with Crippen LogP contribution in [0, 0.1) is 11.3 Å². The fraction of sp³-hybridized carbons (Fsp3) is 0.143. The number of hydrogen-bond donors (Lipinski definition) is 1. The second kappa shape index (κ2) is 7.40. The molecule has 1 N–H and O–H groups in total. The van der Waals surface area contributed by atoms with Crippen LogP contribution in [0.15, 0.2) is 35.2 Å². The van der Waals surface area contributed by atoms with Gasteiger partial charge in [-0.1, -0.05) is 29.3 Å². The van der Waals surface area contributed by atoms with Gasteiger partial charge in [0.1, 0.15) is 15.0 Å². The quantitative estimate of drug-likeness (QED) is 0.824. The Labute approximate surface area is 152 Å². The molecule has 6 nitrogen and oxygen atoms in total. The van der Waals surface area contributed by atoms with Crippen LogP contribution in [-0.4, -0.2) is 20.4 Å². The van der Waals surface area contributed by atoms with Crippen molar-refractivity contribution in [3.63, 3.8) is 0 Å². The number of amides is 1. The number of ether oxygens (including phenoxy) is 1. The SMILES string of the molecule is C[C@H](Oc1cccc(C#N)c1)C(=O)NS(=O)(=O)c1cc(Cl)sc1Cl. The lowest BCUT2D eigenvalue weighted by Gasteiger charge is -2.14. The molecule has 1 amide bonds. The standard InChI is InChI=1S/C14H10Cl2N2O4S2/c1-8(22-10-4-2-3-9(5-10)7-17)14(19)18-24(20,21)11-6-12(15)23-13(11)16/h2-6,8H,1H3,(H,18,19)/t8-/m0/s1. The molecule has 0 aliphatic rings. The Balaban J connectivity index is 2.11. The largest absolute Gasteiger partial charge is 0.481 e. The molecule has 1 aromatic carbocycles. The number of sulfonamides is 1. The zero-order valence-electron chi connectivity index (χ0n) is 12.1. The van der Waals surface area contributed by atoms with Gasteiger partial charge in [-0.15, -0.1) is 11.3 Å². The molecular weight excluding hydrogens is 395 g/mol. The average Bonchev–Trinajstić information content (AvgIpc) is 2.86. The molecule has 0 fully saturated rings. The third-order valence-electron chi connectivity index (χ3n) is 2.80. The molecule has 0 spiro atoms. The molecule has 0 aliphatic heterocycles. The van der Waals surface area contributed by atoms with Crippen LogP contribution in [0.2, 0.25) is 8.67 Å². The third-order valence-corrected chi connectivity index (χ3v) is 5.89. The van der Waals surface area contributed by atoms with Gasteiger partial charge in [0, 0.05) is 0 Å². The van der Waals surface area contributed by atoms with Crippen LogP contribution in [0.5, 0.6) is 5.75 Å². The van der Waals surface area contributed by atoms with E-state index in [1.807, 2.05) is 10.8 Å². The molecule has 0 unspecified atom stereocenters. The lowest BCUT2D eigenvalue weighted by molar-refractivity contribution is -0.125. The number of rotatable bonds is 5. The van der Waals surface area contributed by atoms with Crippen LogP contribution >= 0.6 is 34.5 Å². The smallest absolute Gasteiger partial charge is 0.274 e. The Morgan fingerprint density at radius 3 is 2.67 bits per heavy atom. The maximum atomic E-state index is 12.2. The molecule has 0 radical (unpaired) electrons. The van der Waals surface area contributed by atoms with Gasteiger partial charge in [0.25, 0.3) is 15.9 Å². The monoisotopic (exact) mass is 404 g/mol. The number of hydrogen-bond acceptors (Lipinski definition) is 6. The highest BCUT2D eigenvalue weighted by Gasteiger charge is 2.26. The summed E-state index contributed by atoms with van der Waals surface area (Å²) >= 11 is 12.4. The predicted molar refractivity (Wildman–Crippen MR) is 90.9 cm³/mol. The molecule has 10 heteroatoms. The number of nitrogens with one attached hydrogen (secondary N) is 1. The second-order valence-corrected chi connectivity index (χ2v) is 8.49. The van der Waals surface area contributed by atoms with E-state index in [2.05, 4.69) is 0 Å². The highest BCUT2D eigenvalue weighted by molar-refractivity contribution is 7.90. The molecule has 24 heavy (non-hydrogen) atoms. The predicted octanol–water partition coefficient (Wildman–Crippen LogP) is 3.20. The van der Waals surface area contributed by atoms with Gasteiger partial charge in [0.05, 0.1) is 16.0 Å². The van der Waals surface area contributed by atoms with Crippen molar-refractivity contribution in [3.05, 3.63) is 44.6 Å². The molecule has 1 atom stereocenters. The first kappa shape index (κ1) is 18.5. The van der Waals surface area contributed by atoms with E-state index in [-0.39, 0.29) is 19.3 Å². The van der Waals surface area contributed by atoms with Crippen LogP contribution in [0.3, 0.4) is 0 Å². The molecule has 126 valence electrons. The van der Waals surface area contributed by atoms with E-state index in [9.17, 15) is 13.2 Å². The van der Waals surface area contributed by atoms with E-state index in [4.69, 9.17) is 33.2 Å². The first-order valence-electron chi connectivity index (χ1n) is 6.41. The van der Waals surface area contributed by atoms with Crippen LogP contribution in [0.1, 0.15) is 12.5 Å². The van der Waals surface area contributed by atoms with Crippen molar-refractivity contribution in [1.29, 1.82) is 5.26 Å². The summed E-state index contributed by atoms with van der Waals surface area (Å²) in [7, 11) is -4.16. The van der Waals surface area contributed by atoms with Gasteiger partial charge >= 0.3 is 0 Å². The Bertz CT molecular complexity index is 919. The van der Waals surface area contributed by atoms with Gasteiger partial charge in [-0.3, -0.25) is 4.79 Å². The van der Waals surface area contributed by atoms with E-state index < -0.39 is 22.0 Å². The van der Waals surface area contributed by atoms with Crippen LogP contribution < -0.4 is 9.46 Å². The van der Waals surface area contributed by atoms with Gasteiger partial charge in [-0.2, -0.15) is 5.26 Å². The van der Waals surface area contributed by atoms with Crippen LogP contribution in [0.25, 0.3) is 0 Å². The molecule has 1 aromatic heterocycles. The number of benzene rings is 1. The summed E-state index contributed by atoms with van der Waals surface area (Å²) in [5.74, 6) is -0.610. The summed E-state index contributed by atoms with van der Waals surface area (Å²) in [5.41, 5.74) is 0.354.